The number of rotatable bonds is 4. The molecule has 0 aliphatic carbocycles. The summed E-state index contributed by atoms with van der Waals surface area (Å²) in [5, 5.41) is 2.12. The van der Waals surface area contributed by atoms with Crippen molar-refractivity contribution in [3.63, 3.8) is 0 Å². The van der Waals surface area contributed by atoms with Crippen LogP contribution in [0.25, 0.3) is 22.7 Å². The van der Waals surface area contributed by atoms with Crippen molar-refractivity contribution in [1.82, 2.24) is 9.97 Å². The molecule has 0 fully saturated rings. The van der Waals surface area contributed by atoms with Gasteiger partial charge in [-0.05, 0) is 42.3 Å². The zero-order chi connectivity index (χ0) is 18.8. The maximum absolute atomic E-state index is 12.6. The zero-order valence-corrected chi connectivity index (χ0v) is 15.3. The van der Waals surface area contributed by atoms with Crippen LogP contribution in [-0.4, -0.2) is 15.9 Å². The molecule has 0 bridgehead atoms. The minimum atomic E-state index is -0.775. The highest BCUT2D eigenvalue weighted by molar-refractivity contribution is 6.32. The third-order valence-electron chi connectivity index (χ3n) is 4.23. The van der Waals surface area contributed by atoms with E-state index in [9.17, 15) is 4.79 Å². The lowest BCUT2D eigenvalue weighted by molar-refractivity contribution is -0.116. The van der Waals surface area contributed by atoms with Crippen molar-refractivity contribution < 1.29 is 9.21 Å². The standard InChI is InChI=1S/C21H16ClN3O2/c1-13-9-10-15(21-25-19-17(27-21)8-5-11-23-19)12-16(13)24-20(26)18(22)14-6-3-2-4-7-14/h2-12,18H,1H3,(H,24,26)/t18-/m0/s1. The molecule has 0 unspecified atom stereocenters. The summed E-state index contributed by atoms with van der Waals surface area (Å²) in [6.07, 6.45) is 1.67. The molecule has 1 amide bonds. The molecule has 0 saturated heterocycles. The maximum Gasteiger partial charge on any atom is 0.246 e. The topological polar surface area (TPSA) is 68.0 Å². The van der Waals surface area contributed by atoms with Crippen molar-refractivity contribution >= 4 is 34.4 Å². The van der Waals surface area contributed by atoms with Crippen molar-refractivity contribution in [2.24, 2.45) is 0 Å². The van der Waals surface area contributed by atoms with E-state index in [4.69, 9.17) is 16.0 Å². The first kappa shape index (κ1) is 17.2. The number of alkyl halides is 1. The molecule has 134 valence electrons. The first-order valence-electron chi connectivity index (χ1n) is 8.44. The summed E-state index contributed by atoms with van der Waals surface area (Å²) in [5.41, 5.74) is 4.23. The van der Waals surface area contributed by atoms with Gasteiger partial charge in [0.1, 0.15) is 5.38 Å². The van der Waals surface area contributed by atoms with Gasteiger partial charge in [0.05, 0.1) is 0 Å². The second-order valence-corrected chi connectivity index (χ2v) is 6.57. The number of fused-ring (bicyclic) bond motifs is 1. The van der Waals surface area contributed by atoms with Crippen LogP contribution in [0.3, 0.4) is 0 Å². The van der Waals surface area contributed by atoms with Gasteiger partial charge in [-0.25, -0.2) is 4.98 Å². The Balaban J connectivity index is 1.61. The fraction of sp³-hybridized carbons (Fsp3) is 0.0952. The van der Waals surface area contributed by atoms with Crippen molar-refractivity contribution in [2.45, 2.75) is 12.3 Å². The number of hydrogen-bond donors (Lipinski definition) is 1. The van der Waals surface area contributed by atoms with E-state index >= 15 is 0 Å². The molecule has 0 aliphatic heterocycles. The number of carbonyl (C=O) groups excluding carboxylic acids is 1. The van der Waals surface area contributed by atoms with E-state index in [1.807, 2.05) is 61.5 Å². The van der Waals surface area contributed by atoms with Gasteiger partial charge in [-0.15, -0.1) is 11.6 Å². The molecular weight excluding hydrogens is 362 g/mol. The fourth-order valence-corrected chi connectivity index (χ4v) is 2.95. The number of benzene rings is 2. The Hall–Kier alpha value is -3.18. The molecule has 2 aromatic carbocycles. The molecule has 0 spiro atoms. The molecule has 1 N–H and O–H groups in total. The van der Waals surface area contributed by atoms with Crippen LogP contribution in [0, 0.1) is 6.92 Å². The van der Waals surface area contributed by atoms with Crippen molar-refractivity contribution in [1.29, 1.82) is 0 Å². The summed E-state index contributed by atoms with van der Waals surface area (Å²) in [7, 11) is 0. The van der Waals surface area contributed by atoms with Crippen LogP contribution in [0.1, 0.15) is 16.5 Å². The average molecular weight is 378 g/mol. The summed E-state index contributed by atoms with van der Waals surface area (Å²) in [6.45, 7) is 1.92. The predicted octanol–water partition coefficient (Wildman–Crippen LogP) is 5.12. The Bertz CT molecular complexity index is 1080. The minimum Gasteiger partial charge on any atom is -0.434 e. The van der Waals surface area contributed by atoms with E-state index < -0.39 is 5.38 Å². The van der Waals surface area contributed by atoms with Gasteiger partial charge in [-0.1, -0.05) is 36.4 Å². The van der Waals surface area contributed by atoms with Gasteiger partial charge in [0.25, 0.3) is 0 Å². The molecule has 2 aromatic heterocycles. The van der Waals surface area contributed by atoms with Gasteiger partial charge in [-0.2, -0.15) is 4.98 Å². The van der Waals surface area contributed by atoms with Crippen LogP contribution in [0.15, 0.2) is 71.3 Å². The smallest absolute Gasteiger partial charge is 0.246 e. The average Bonchev–Trinajstić information content (AvgIpc) is 3.14. The Morgan fingerprint density at radius 1 is 1.11 bits per heavy atom. The Labute approximate surface area is 161 Å². The molecule has 1 atom stereocenters. The van der Waals surface area contributed by atoms with Crippen LogP contribution in [0.2, 0.25) is 0 Å². The molecule has 6 heteroatoms. The molecule has 0 saturated carbocycles. The number of amides is 1. The van der Waals surface area contributed by atoms with Crippen LogP contribution in [-0.2, 0) is 4.79 Å². The van der Waals surface area contributed by atoms with Gasteiger partial charge in [0.15, 0.2) is 11.2 Å². The van der Waals surface area contributed by atoms with E-state index in [0.29, 0.717) is 22.8 Å². The number of carbonyl (C=O) groups is 1. The molecular formula is C21H16ClN3O2. The highest BCUT2D eigenvalue weighted by atomic mass is 35.5. The maximum atomic E-state index is 12.6. The molecule has 5 nitrogen and oxygen atoms in total. The van der Waals surface area contributed by atoms with Crippen LogP contribution < -0.4 is 5.32 Å². The monoisotopic (exact) mass is 377 g/mol. The third kappa shape index (κ3) is 3.55. The molecule has 4 aromatic rings. The molecule has 0 radical (unpaired) electrons. The van der Waals surface area contributed by atoms with E-state index in [0.717, 1.165) is 16.7 Å². The minimum absolute atomic E-state index is 0.289. The van der Waals surface area contributed by atoms with E-state index in [1.165, 1.54) is 0 Å². The Kier molecular flexibility index (Phi) is 4.60. The first-order chi connectivity index (χ1) is 13.1. The van der Waals surface area contributed by atoms with E-state index in [2.05, 4.69) is 15.3 Å². The van der Waals surface area contributed by atoms with E-state index in [1.54, 1.807) is 12.3 Å². The number of oxazole rings is 1. The van der Waals surface area contributed by atoms with Gasteiger partial charge in [0, 0.05) is 17.4 Å². The molecule has 4 rings (SSSR count). The summed E-state index contributed by atoms with van der Waals surface area (Å²) >= 11 is 6.32. The Morgan fingerprint density at radius 2 is 1.93 bits per heavy atom. The van der Waals surface area contributed by atoms with Gasteiger partial charge >= 0.3 is 0 Å². The number of nitrogens with one attached hydrogen (secondary N) is 1. The van der Waals surface area contributed by atoms with Crippen molar-refractivity contribution in [3.05, 3.63) is 78.0 Å². The lowest BCUT2D eigenvalue weighted by atomic mass is 10.1. The van der Waals surface area contributed by atoms with Crippen molar-refractivity contribution in [2.75, 3.05) is 5.32 Å². The first-order valence-corrected chi connectivity index (χ1v) is 8.88. The summed E-state index contributed by atoms with van der Waals surface area (Å²) in [4.78, 5) is 21.1. The number of anilines is 1. The lowest BCUT2D eigenvalue weighted by Gasteiger charge is -2.13. The van der Waals surface area contributed by atoms with Crippen molar-refractivity contribution in [3.8, 4) is 11.5 Å². The Morgan fingerprint density at radius 3 is 2.70 bits per heavy atom. The predicted molar refractivity (Wildman–Crippen MR) is 106 cm³/mol. The molecule has 2 heterocycles. The van der Waals surface area contributed by atoms with Crippen LogP contribution in [0.5, 0.6) is 0 Å². The van der Waals surface area contributed by atoms with E-state index in [-0.39, 0.29) is 5.91 Å². The zero-order valence-electron chi connectivity index (χ0n) is 14.5. The molecule has 0 aliphatic rings. The number of aromatic nitrogens is 2. The largest absolute Gasteiger partial charge is 0.434 e. The number of halogens is 1. The summed E-state index contributed by atoms with van der Waals surface area (Å²) < 4.78 is 5.76. The normalized spacial score (nSPS) is 12.1. The van der Waals surface area contributed by atoms with Gasteiger partial charge in [-0.3, -0.25) is 4.79 Å². The van der Waals surface area contributed by atoms with Crippen LogP contribution in [0.4, 0.5) is 5.69 Å². The third-order valence-corrected chi connectivity index (χ3v) is 4.68. The number of nitrogens with zero attached hydrogens (tertiary/aromatic N) is 2. The lowest BCUT2D eigenvalue weighted by Crippen LogP contribution is -2.18. The summed E-state index contributed by atoms with van der Waals surface area (Å²) in [6, 6.07) is 18.5. The second kappa shape index (κ2) is 7.21. The van der Waals surface area contributed by atoms with Gasteiger partial charge in [0.2, 0.25) is 11.8 Å². The van der Waals surface area contributed by atoms with Crippen LogP contribution >= 0.6 is 11.6 Å². The fourth-order valence-electron chi connectivity index (χ4n) is 2.75. The highest BCUT2D eigenvalue weighted by Crippen LogP contribution is 2.29. The number of aryl methyl sites for hydroxylation is 1. The number of pyridine rings is 1. The summed E-state index contributed by atoms with van der Waals surface area (Å²) in [5.74, 6) is 0.159. The highest BCUT2D eigenvalue weighted by Gasteiger charge is 2.19. The number of hydrogen-bond acceptors (Lipinski definition) is 4. The molecule has 27 heavy (non-hydrogen) atoms. The second-order valence-electron chi connectivity index (χ2n) is 6.14. The van der Waals surface area contributed by atoms with Gasteiger partial charge < -0.3 is 9.73 Å². The quantitative estimate of drug-likeness (QED) is 0.501. The SMILES string of the molecule is Cc1ccc(-c2nc3ncccc3o2)cc1NC(=O)[C@@H](Cl)c1ccccc1.